The summed E-state index contributed by atoms with van der Waals surface area (Å²) < 4.78 is 7.64. The van der Waals surface area contributed by atoms with Crippen molar-refractivity contribution < 1.29 is 14.3 Å². The van der Waals surface area contributed by atoms with Crippen molar-refractivity contribution in [2.75, 3.05) is 32.8 Å². The molecule has 3 aromatic rings. The van der Waals surface area contributed by atoms with Gasteiger partial charge in [0.1, 0.15) is 11.6 Å². The van der Waals surface area contributed by atoms with E-state index in [1.807, 2.05) is 43.6 Å². The maximum atomic E-state index is 13.6. The van der Waals surface area contributed by atoms with Crippen molar-refractivity contribution in [3.63, 3.8) is 0 Å². The second-order valence-corrected chi connectivity index (χ2v) is 12.4. The molecule has 8 heterocycles. The van der Waals surface area contributed by atoms with E-state index in [1.54, 1.807) is 4.57 Å². The lowest BCUT2D eigenvalue weighted by atomic mass is 9.90. The van der Waals surface area contributed by atoms with Crippen LogP contribution in [0.4, 0.5) is 0 Å². The molecule has 10 rings (SSSR count). The van der Waals surface area contributed by atoms with Crippen molar-refractivity contribution in [2.24, 2.45) is 11.3 Å². The van der Waals surface area contributed by atoms with Crippen LogP contribution in [0.5, 0.6) is 0 Å². The molecule has 0 radical (unpaired) electrons. The first-order valence-corrected chi connectivity index (χ1v) is 15.8. The number of nitrogens with zero attached hydrogens (tertiary/aromatic N) is 3. The van der Waals surface area contributed by atoms with Gasteiger partial charge < -0.3 is 24.5 Å². The van der Waals surface area contributed by atoms with Gasteiger partial charge in [0, 0.05) is 49.0 Å². The minimum atomic E-state index is -0.214. The molecule has 1 aromatic carbocycles. The summed E-state index contributed by atoms with van der Waals surface area (Å²) in [6.45, 7) is 6.42. The van der Waals surface area contributed by atoms with E-state index in [9.17, 15) is 14.4 Å². The van der Waals surface area contributed by atoms with Gasteiger partial charge in [0.05, 0.1) is 31.1 Å². The molecule has 2 fully saturated rings. The number of pyridine rings is 1. The Morgan fingerprint density at radius 1 is 1.07 bits per heavy atom. The van der Waals surface area contributed by atoms with E-state index >= 15 is 0 Å². The van der Waals surface area contributed by atoms with Gasteiger partial charge in [-0.3, -0.25) is 14.4 Å². The summed E-state index contributed by atoms with van der Waals surface area (Å²) in [5.41, 5.74) is 1.91. The number of carbonyl (C=O) groups excluding carboxylic acids is 2. The molecular formula is C33H43N5O4. The summed E-state index contributed by atoms with van der Waals surface area (Å²) in [5.74, 6) is 1.26. The van der Waals surface area contributed by atoms with Gasteiger partial charge in [-0.05, 0) is 74.2 Å². The fourth-order valence-corrected chi connectivity index (χ4v) is 6.82. The maximum absolute atomic E-state index is 13.6. The average Bonchev–Trinajstić information content (AvgIpc) is 3.47. The van der Waals surface area contributed by atoms with Gasteiger partial charge in [-0.25, -0.2) is 4.98 Å². The monoisotopic (exact) mass is 573 g/mol. The van der Waals surface area contributed by atoms with Gasteiger partial charge in [0.2, 0.25) is 5.91 Å². The summed E-state index contributed by atoms with van der Waals surface area (Å²) in [6, 6.07) is 7.60. The summed E-state index contributed by atoms with van der Waals surface area (Å²) in [4.78, 5) is 49.1. The van der Waals surface area contributed by atoms with Crippen LogP contribution in [0.25, 0.3) is 22.0 Å². The number of nitrogens with one attached hydrogen (secondary N) is 2. The number of ketones is 1. The Balaban J connectivity index is 1.25. The number of hydrogen-bond acceptors (Lipinski definition) is 6. The van der Waals surface area contributed by atoms with Crippen molar-refractivity contribution in [1.82, 2.24) is 24.8 Å². The SMILES string of the molecule is CCC(=O)CCCCC[C@@H]1NC(=O)[C@H]2CC23CCN(CCOCCn2ccc4cc(ccc4c2=O)-c2cnc1[nH]2)CC3. The van der Waals surface area contributed by atoms with Gasteiger partial charge in [-0.1, -0.05) is 25.8 Å². The third-order valence-electron chi connectivity index (χ3n) is 9.76. The van der Waals surface area contributed by atoms with Gasteiger partial charge in [-0.2, -0.15) is 0 Å². The Kier molecular flexibility index (Phi) is 8.58. The van der Waals surface area contributed by atoms with E-state index < -0.39 is 0 Å². The average molecular weight is 574 g/mol. The number of amides is 1. The number of imidazole rings is 1. The van der Waals surface area contributed by atoms with Crippen molar-refractivity contribution in [1.29, 1.82) is 0 Å². The Hall–Kier alpha value is -3.30. The lowest BCUT2D eigenvalue weighted by molar-refractivity contribution is -0.124. The number of H-pyrrole nitrogens is 1. The quantitative estimate of drug-likeness (QED) is 0.400. The molecule has 1 saturated heterocycles. The minimum Gasteiger partial charge on any atom is -0.378 e. The van der Waals surface area contributed by atoms with E-state index in [0.717, 1.165) is 87.0 Å². The standard InChI is InChI=1S/C33H43N5O4/c1-2-25(39)6-4-3-5-7-28-30-34-22-29(35-30)24-8-9-26-23(20-24)10-13-38(32(26)41)17-19-42-18-16-37-14-11-33(12-15-37)21-27(33)31(40)36-28/h8-10,13,20,22,27-28H,2-7,11-12,14-19,21H2,1H3,(H,34,35)(H,36,40)/t27-,28+/m1/s1. The first-order chi connectivity index (χ1) is 20.5. The first-order valence-electron chi connectivity index (χ1n) is 15.8. The number of piperidine rings is 1. The van der Waals surface area contributed by atoms with Crippen LogP contribution in [0.15, 0.2) is 41.5 Å². The van der Waals surface area contributed by atoms with Crippen LogP contribution in [-0.2, 0) is 20.9 Å². The number of unbranched alkanes of at least 4 members (excludes halogenated alkanes) is 2. The number of aromatic amines is 1. The molecule has 2 aromatic heterocycles. The zero-order chi connectivity index (χ0) is 29.1. The molecule has 6 aliphatic heterocycles. The molecule has 1 aliphatic carbocycles. The molecule has 8 bridgehead atoms. The van der Waals surface area contributed by atoms with Gasteiger partial charge in [0.25, 0.3) is 5.56 Å². The summed E-state index contributed by atoms with van der Waals surface area (Å²) in [5, 5.41) is 4.92. The van der Waals surface area contributed by atoms with E-state index in [2.05, 4.69) is 15.2 Å². The van der Waals surface area contributed by atoms with Gasteiger partial charge in [-0.15, -0.1) is 0 Å². The molecule has 0 unspecified atom stereocenters. The third-order valence-corrected chi connectivity index (χ3v) is 9.76. The van der Waals surface area contributed by atoms with Crippen LogP contribution in [-0.4, -0.2) is 64.0 Å². The Bertz CT molecular complexity index is 1490. The smallest absolute Gasteiger partial charge is 0.258 e. The highest BCUT2D eigenvalue weighted by molar-refractivity contribution is 5.86. The fraction of sp³-hybridized carbons (Fsp3) is 0.576. The largest absolute Gasteiger partial charge is 0.378 e. The number of hydrogen-bond donors (Lipinski definition) is 2. The second-order valence-electron chi connectivity index (χ2n) is 12.4. The highest BCUT2D eigenvalue weighted by Gasteiger charge is 2.58. The molecule has 1 saturated carbocycles. The molecule has 7 aliphatic rings. The normalized spacial score (nSPS) is 26.1. The van der Waals surface area contributed by atoms with Crippen LogP contribution >= 0.6 is 0 Å². The Morgan fingerprint density at radius 3 is 2.74 bits per heavy atom. The molecule has 2 N–H and O–H groups in total. The summed E-state index contributed by atoms with van der Waals surface area (Å²) in [7, 11) is 0. The number of carbonyl (C=O) groups is 2. The Morgan fingerprint density at radius 2 is 1.90 bits per heavy atom. The van der Waals surface area contributed by atoms with Crippen molar-refractivity contribution >= 4 is 22.5 Å². The topological polar surface area (TPSA) is 109 Å². The molecule has 2 atom stereocenters. The minimum absolute atomic E-state index is 0.0150. The highest BCUT2D eigenvalue weighted by atomic mass is 16.5. The molecule has 1 spiro atoms. The number of rotatable bonds is 7. The highest BCUT2D eigenvalue weighted by Crippen LogP contribution is 2.59. The van der Waals surface area contributed by atoms with Gasteiger partial charge in [0.15, 0.2) is 0 Å². The zero-order valence-electron chi connectivity index (χ0n) is 24.7. The van der Waals surface area contributed by atoms with Crippen LogP contribution in [0.2, 0.25) is 0 Å². The van der Waals surface area contributed by atoms with Crippen molar-refractivity contribution in [2.45, 2.75) is 77.3 Å². The van der Waals surface area contributed by atoms with Crippen LogP contribution in [0, 0.1) is 11.3 Å². The predicted octanol–water partition coefficient (Wildman–Crippen LogP) is 4.61. The van der Waals surface area contributed by atoms with Crippen LogP contribution < -0.4 is 10.9 Å². The summed E-state index contributed by atoms with van der Waals surface area (Å²) >= 11 is 0. The first kappa shape index (κ1) is 28.8. The number of benzene rings is 1. The number of aromatic nitrogens is 3. The molecule has 9 nitrogen and oxygen atoms in total. The molecular weight excluding hydrogens is 530 g/mol. The van der Waals surface area contributed by atoms with Gasteiger partial charge >= 0.3 is 0 Å². The molecule has 9 heteroatoms. The zero-order valence-corrected chi connectivity index (χ0v) is 24.7. The maximum Gasteiger partial charge on any atom is 0.258 e. The number of ether oxygens (including phenoxy) is 1. The lowest BCUT2D eigenvalue weighted by Gasteiger charge is -2.32. The predicted molar refractivity (Wildman–Crippen MR) is 162 cm³/mol. The molecule has 1 amide bonds. The fourth-order valence-electron chi connectivity index (χ4n) is 6.82. The van der Waals surface area contributed by atoms with E-state index in [4.69, 9.17) is 9.72 Å². The van der Waals surface area contributed by atoms with Crippen molar-refractivity contribution in [3.8, 4) is 11.3 Å². The van der Waals surface area contributed by atoms with E-state index in [1.165, 1.54) is 0 Å². The van der Waals surface area contributed by atoms with Crippen LogP contribution in [0.3, 0.4) is 0 Å². The van der Waals surface area contributed by atoms with Crippen molar-refractivity contribution in [3.05, 3.63) is 52.8 Å². The summed E-state index contributed by atoms with van der Waals surface area (Å²) in [6.07, 6.45) is 11.4. The van der Waals surface area contributed by atoms with E-state index in [-0.39, 0.29) is 28.8 Å². The molecule has 42 heavy (non-hydrogen) atoms. The van der Waals surface area contributed by atoms with E-state index in [0.29, 0.717) is 43.8 Å². The Labute approximate surface area is 247 Å². The second kappa shape index (κ2) is 12.5. The third kappa shape index (κ3) is 6.22. The lowest BCUT2D eigenvalue weighted by Crippen LogP contribution is -2.39. The van der Waals surface area contributed by atoms with Crippen LogP contribution in [0.1, 0.15) is 76.6 Å². The number of Topliss-reactive ketones (excluding diaryl/α,β-unsaturated/α-hetero) is 1. The molecule has 224 valence electrons.